The number of allylic oxidation sites excluding steroid dienone is 2. The van der Waals surface area contributed by atoms with Crippen LogP contribution in [0.3, 0.4) is 0 Å². The number of hydrogen-bond donors (Lipinski definition) is 0. The molecule has 0 bridgehead atoms. The smallest absolute Gasteiger partial charge is 0.0527 e. The van der Waals surface area contributed by atoms with Crippen LogP contribution < -0.4 is 0 Å². The molecule has 0 saturated carbocycles. The largest absolute Gasteiger partial charge is 0.151 e. The summed E-state index contributed by atoms with van der Waals surface area (Å²) in [5.74, 6) is 0. The van der Waals surface area contributed by atoms with E-state index in [-0.39, 0.29) is 5.38 Å². The molecular formula is C12H14BrClS. The number of thiophene rings is 1. The van der Waals surface area contributed by atoms with Crippen molar-refractivity contribution in [2.45, 2.75) is 32.1 Å². The molecule has 0 amide bonds. The summed E-state index contributed by atoms with van der Waals surface area (Å²) in [7, 11) is 0. The van der Waals surface area contributed by atoms with Gasteiger partial charge in [0.1, 0.15) is 0 Å². The molecule has 3 heteroatoms. The highest BCUT2D eigenvalue weighted by Crippen LogP contribution is 2.43. The van der Waals surface area contributed by atoms with Gasteiger partial charge in [-0.3, -0.25) is 0 Å². The number of alkyl halides is 1. The van der Waals surface area contributed by atoms with E-state index < -0.39 is 0 Å². The van der Waals surface area contributed by atoms with E-state index in [4.69, 9.17) is 11.6 Å². The number of halogens is 2. The Balaban J connectivity index is 2.34. The zero-order chi connectivity index (χ0) is 11.1. The van der Waals surface area contributed by atoms with Crippen LogP contribution in [0, 0.1) is 5.41 Å². The summed E-state index contributed by atoms with van der Waals surface area (Å²) in [6.45, 7) is 4.57. The summed E-state index contributed by atoms with van der Waals surface area (Å²) < 4.78 is 1.19. The maximum atomic E-state index is 6.28. The third kappa shape index (κ3) is 2.66. The third-order valence-electron chi connectivity index (χ3n) is 2.76. The van der Waals surface area contributed by atoms with Crippen LogP contribution in [0.1, 0.15) is 32.3 Å². The predicted molar refractivity (Wildman–Crippen MR) is 72.7 cm³/mol. The lowest BCUT2D eigenvalue weighted by Crippen LogP contribution is -2.21. The molecule has 2 rings (SSSR count). The molecule has 1 aliphatic rings. The minimum atomic E-state index is 0.176. The van der Waals surface area contributed by atoms with Crippen LogP contribution in [0.4, 0.5) is 0 Å². The van der Waals surface area contributed by atoms with E-state index in [1.807, 2.05) is 0 Å². The van der Waals surface area contributed by atoms with Gasteiger partial charge in [-0.05, 0) is 45.1 Å². The molecule has 0 fully saturated rings. The number of hydrogen-bond acceptors (Lipinski definition) is 1. The Bertz CT molecular complexity index is 392. The molecule has 82 valence electrons. The second kappa shape index (κ2) is 4.23. The molecule has 0 saturated heterocycles. The van der Waals surface area contributed by atoms with E-state index in [1.165, 1.54) is 15.6 Å². The summed E-state index contributed by atoms with van der Waals surface area (Å²) in [5, 5.41) is 4.50. The van der Waals surface area contributed by atoms with Gasteiger partial charge in [-0.2, -0.15) is 11.3 Å². The van der Waals surface area contributed by atoms with Crippen LogP contribution in [0.5, 0.6) is 0 Å². The summed E-state index contributed by atoms with van der Waals surface area (Å²) >= 11 is 11.6. The number of rotatable bonds is 1. The van der Waals surface area contributed by atoms with E-state index in [0.29, 0.717) is 5.41 Å². The average molecular weight is 306 g/mol. The minimum absolute atomic E-state index is 0.176. The van der Waals surface area contributed by atoms with Crippen LogP contribution in [0.15, 0.2) is 21.3 Å². The van der Waals surface area contributed by atoms with Crippen molar-refractivity contribution in [3.8, 4) is 0 Å². The van der Waals surface area contributed by atoms with E-state index in [9.17, 15) is 0 Å². The van der Waals surface area contributed by atoms with Gasteiger partial charge < -0.3 is 0 Å². The lowest BCUT2D eigenvalue weighted by molar-refractivity contribution is 0.340. The van der Waals surface area contributed by atoms with Crippen LogP contribution >= 0.6 is 38.9 Å². The Hall–Kier alpha value is 0.210. The molecule has 1 heterocycles. The molecule has 0 spiro atoms. The SMILES string of the molecule is CC1(C)CC(c2cscc2Br)=CC(Cl)C1. The van der Waals surface area contributed by atoms with Crippen molar-refractivity contribution in [3.63, 3.8) is 0 Å². The molecule has 1 aromatic rings. The van der Waals surface area contributed by atoms with Crippen molar-refractivity contribution in [1.82, 2.24) is 0 Å². The van der Waals surface area contributed by atoms with Gasteiger partial charge in [-0.25, -0.2) is 0 Å². The summed E-state index contributed by atoms with van der Waals surface area (Å²) in [6.07, 6.45) is 4.39. The second-order valence-corrected chi connectivity index (χ2v) is 7.04. The monoisotopic (exact) mass is 304 g/mol. The summed E-state index contributed by atoms with van der Waals surface area (Å²) in [6, 6.07) is 0. The summed E-state index contributed by atoms with van der Waals surface area (Å²) in [4.78, 5) is 0. The van der Waals surface area contributed by atoms with Gasteiger partial charge in [-0.1, -0.05) is 19.9 Å². The Kier molecular flexibility index (Phi) is 3.30. The van der Waals surface area contributed by atoms with Crippen molar-refractivity contribution < 1.29 is 0 Å². The van der Waals surface area contributed by atoms with E-state index >= 15 is 0 Å². The van der Waals surface area contributed by atoms with Crippen LogP contribution in [-0.4, -0.2) is 5.38 Å². The predicted octanol–water partition coefficient (Wildman–Crippen LogP) is 5.32. The Labute approximate surface area is 108 Å². The standard InChI is InChI=1S/C12H14BrClS/c1-12(2)4-8(3-9(14)5-12)10-6-15-7-11(10)13/h3,6-7,9H,4-5H2,1-2H3. The second-order valence-electron chi connectivity index (χ2n) is 4.89. The lowest BCUT2D eigenvalue weighted by Gasteiger charge is -2.32. The fourth-order valence-corrected chi connectivity index (χ4v) is 4.29. The van der Waals surface area contributed by atoms with Gasteiger partial charge in [0.15, 0.2) is 0 Å². The minimum Gasteiger partial charge on any atom is -0.151 e. The van der Waals surface area contributed by atoms with Crippen LogP contribution in [-0.2, 0) is 0 Å². The molecule has 1 aliphatic carbocycles. The van der Waals surface area contributed by atoms with Gasteiger partial charge >= 0.3 is 0 Å². The van der Waals surface area contributed by atoms with Gasteiger partial charge in [0.2, 0.25) is 0 Å². The first-order chi connectivity index (χ1) is 6.98. The van der Waals surface area contributed by atoms with Gasteiger partial charge in [0, 0.05) is 15.4 Å². The molecule has 15 heavy (non-hydrogen) atoms. The molecule has 0 nitrogen and oxygen atoms in total. The third-order valence-corrected chi connectivity index (χ3v) is 4.74. The first-order valence-corrected chi connectivity index (χ1v) is 7.22. The zero-order valence-electron chi connectivity index (χ0n) is 8.89. The van der Waals surface area contributed by atoms with Crippen molar-refractivity contribution >= 4 is 44.4 Å². The van der Waals surface area contributed by atoms with E-state index in [2.05, 4.69) is 46.6 Å². The maximum Gasteiger partial charge on any atom is 0.0527 e. The van der Waals surface area contributed by atoms with Crippen molar-refractivity contribution in [1.29, 1.82) is 0 Å². The molecule has 1 aromatic heterocycles. The topological polar surface area (TPSA) is 0 Å². The molecule has 0 N–H and O–H groups in total. The molecule has 0 radical (unpaired) electrons. The van der Waals surface area contributed by atoms with Crippen molar-refractivity contribution in [3.05, 3.63) is 26.9 Å². The van der Waals surface area contributed by atoms with Gasteiger partial charge in [0.25, 0.3) is 0 Å². The van der Waals surface area contributed by atoms with E-state index in [0.717, 1.165) is 12.8 Å². The Morgan fingerprint density at radius 3 is 2.73 bits per heavy atom. The average Bonchev–Trinajstić information content (AvgIpc) is 2.47. The first kappa shape index (κ1) is 11.7. The van der Waals surface area contributed by atoms with E-state index in [1.54, 1.807) is 11.3 Å². The lowest BCUT2D eigenvalue weighted by atomic mass is 9.76. The van der Waals surface area contributed by atoms with Gasteiger partial charge in [0.05, 0.1) is 5.38 Å². The highest BCUT2D eigenvalue weighted by molar-refractivity contribution is 9.10. The van der Waals surface area contributed by atoms with Crippen LogP contribution in [0.25, 0.3) is 5.57 Å². The molecular weight excluding hydrogens is 292 g/mol. The van der Waals surface area contributed by atoms with Crippen molar-refractivity contribution in [2.24, 2.45) is 5.41 Å². The highest BCUT2D eigenvalue weighted by atomic mass is 79.9. The Morgan fingerprint density at radius 1 is 1.47 bits per heavy atom. The molecule has 0 aromatic carbocycles. The van der Waals surface area contributed by atoms with Gasteiger partial charge in [-0.15, -0.1) is 11.6 Å². The molecule has 1 unspecified atom stereocenters. The normalized spacial score (nSPS) is 25.1. The molecule has 0 aliphatic heterocycles. The maximum absolute atomic E-state index is 6.28. The fourth-order valence-electron chi connectivity index (χ4n) is 2.15. The summed E-state index contributed by atoms with van der Waals surface area (Å²) in [5.41, 5.74) is 3.02. The quantitative estimate of drug-likeness (QED) is 0.616. The van der Waals surface area contributed by atoms with Crippen molar-refractivity contribution in [2.75, 3.05) is 0 Å². The fraction of sp³-hybridized carbons (Fsp3) is 0.500. The molecule has 1 atom stereocenters. The Morgan fingerprint density at radius 2 is 2.20 bits per heavy atom. The zero-order valence-corrected chi connectivity index (χ0v) is 12.0. The highest BCUT2D eigenvalue weighted by Gasteiger charge is 2.28. The van der Waals surface area contributed by atoms with Crippen LogP contribution in [0.2, 0.25) is 0 Å². The first-order valence-electron chi connectivity index (χ1n) is 5.05.